The first kappa shape index (κ1) is 17.8. The molecule has 9 heteroatoms. The van der Waals surface area contributed by atoms with Crippen LogP contribution < -0.4 is 10.1 Å². The van der Waals surface area contributed by atoms with Gasteiger partial charge in [-0.05, 0) is 49.4 Å². The van der Waals surface area contributed by atoms with Gasteiger partial charge in [-0.1, -0.05) is 17.7 Å². The summed E-state index contributed by atoms with van der Waals surface area (Å²) in [5, 5.41) is 17.8. The lowest BCUT2D eigenvalue weighted by molar-refractivity contribution is 0.293. The summed E-state index contributed by atoms with van der Waals surface area (Å²) in [4.78, 5) is 4.50. The molecule has 0 fully saturated rings. The van der Waals surface area contributed by atoms with Gasteiger partial charge in [0.15, 0.2) is 17.3 Å². The van der Waals surface area contributed by atoms with Crippen LogP contribution in [0.15, 0.2) is 54.6 Å². The predicted octanol–water partition coefficient (Wildman–Crippen LogP) is 5.02. The van der Waals surface area contributed by atoms with E-state index in [2.05, 4.69) is 25.6 Å². The van der Waals surface area contributed by atoms with Crippen molar-refractivity contribution in [1.82, 2.24) is 24.8 Å². The van der Waals surface area contributed by atoms with E-state index in [1.165, 1.54) is 0 Å². The highest BCUT2D eigenvalue weighted by molar-refractivity contribution is 7.18. The van der Waals surface area contributed by atoms with Crippen molar-refractivity contribution in [2.75, 3.05) is 5.32 Å². The van der Waals surface area contributed by atoms with Crippen molar-refractivity contribution in [3.63, 3.8) is 0 Å². The van der Waals surface area contributed by atoms with E-state index in [-0.39, 0.29) is 6.61 Å². The zero-order valence-electron chi connectivity index (χ0n) is 15.3. The predicted molar refractivity (Wildman–Crippen MR) is 114 cm³/mol. The number of hydrogen-bond acceptors (Lipinski definition) is 7. The molecule has 3 heterocycles. The molecular weight excluding hydrogens is 408 g/mol. The minimum atomic E-state index is 0.239. The van der Waals surface area contributed by atoms with Gasteiger partial charge in [0.2, 0.25) is 0 Å². The molecule has 0 unspecified atom stereocenters. The molecule has 0 atom stereocenters. The van der Waals surface area contributed by atoms with Gasteiger partial charge in [0, 0.05) is 16.8 Å². The van der Waals surface area contributed by atoms with Gasteiger partial charge in [-0.25, -0.2) is 4.98 Å². The Kier molecular flexibility index (Phi) is 4.49. The van der Waals surface area contributed by atoms with Crippen LogP contribution in [0.25, 0.3) is 15.9 Å². The monoisotopic (exact) mass is 422 g/mol. The van der Waals surface area contributed by atoms with Gasteiger partial charge in [-0.2, -0.15) is 4.52 Å². The molecule has 0 aliphatic heterocycles. The minimum Gasteiger partial charge on any atom is -0.485 e. The Hall–Kier alpha value is -3.23. The highest BCUT2D eigenvalue weighted by atomic mass is 35.5. The second kappa shape index (κ2) is 7.31. The summed E-state index contributed by atoms with van der Waals surface area (Å²) in [6.07, 6.45) is 0. The van der Waals surface area contributed by atoms with Crippen LogP contribution in [0, 0.1) is 6.92 Å². The molecule has 0 bridgehead atoms. The standard InChI is InChI=1S/C20H15ClN6OS/c1-12-22-16-10-15(5-6-17(16)29-12)28-11-20-25-24-19-8-7-18(26-27(19)20)23-14-4-2-3-13(21)9-14/h2-10H,11H2,1H3,(H,23,26). The third-order valence-corrected chi connectivity index (χ3v) is 5.45. The van der Waals surface area contributed by atoms with Crippen LogP contribution in [0.1, 0.15) is 10.8 Å². The molecule has 2 aromatic carbocycles. The molecule has 29 heavy (non-hydrogen) atoms. The van der Waals surface area contributed by atoms with E-state index in [1.807, 2.05) is 61.5 Å². The fourth-order valence-electron chi connectivity index (χ4n) is 2.96. The van der Waals surface area contributed by atoms with Gasteiger partial charge in [0.25, 0.3) is 0 Å². The second-order valence-electron chi connectivity index (χ2n) is 6.39. The topological polar surface area (TPSA) is 77.2 Å². The Balaban J connectivity index is 1.37. The van der Waals surface area contributed by atoms with Gasteiger partial charge in [-0.15, -0.1) is 26.6 Å². The number of benzene rings is 2. The SMILES string of the molecule is Cc1nc2cc(OCc3nnc4ccc(Nc5cccc(Cl)c5)nn34)ccc2s1. The summed E-state index contributed by atoms with van der Waals surface area (Å²) in [6.45, 7) is 2.23. The average molecular weight is 423 g/mol. The molecule has 7 nitrogen and oxygen atoms in total. The van der Waals surface area contributed by atoms with Crippen molar-refractivity contribution in [1.29, 1.82) is 0 Å². The molecule has 3 aromatic heterocycles. The molecule has 0 spiro atoms. The number of fused-ring (bicyclic) bond motifs is 2. The van der Waals surface area contributed by atoms with Crippen LogP contribution in [0.5, 0.6) is 5.75 Å². The van der Waals surface area contributed by atoms with Gasteiger partial charge in [0.05, 0.1) is 15.2 Å². The van der Waals surface area contributed by atoms with E-state index in [0.29, 0.717) is 22.3 Å². The van der Waals surface area contributed by atoms with Crippen molar-refractivity contribution >= 4 is 50.3 Å². The highest BCUT2D eigenvalue weighted by Gasteiger charge is 2.10. The summed E-state index contributed by atoms with van der Waals surface area (Å²) in [7, 11) is 0. The fraction of sp³-hybridized carbons (Fsp3) is 0.100. The Morgan fingerprint density at radius 2 is 2.03 bits per heavy atom. The molecule has 0 saturated heterocycles. The molecule has 144 valence electrons. The normalized spacial score (nSPS) is 11.2. The molecule has 0 saturated carbocycles. The highest BCUT2D eigenvalue weighted by Crippen LogP contribution is 2.26. The maximum Gasteiger partial charge on any atom is 0.192 e. The minimum absolute atomic E-state index is 0.239. The van der Waals surface area contributed by atoms with Gasteiger partial charge in [-0.3, -0.25) is 0 Å². The van der Waals surface area contributed by atoms with Crippen LogP contribution in [0.2, 0.25) is 5.02 Å². The molecule has 0 amide bonds. The number of halogens is 1. The van der Waals surface area contributed by atoms with Crippen LogP contribution >= 0.6 is 22.9 Å². The van der Waals surface area contributed by atoms with E-state index in [4.69, 9.17) is 16.3 Å². The number of aromatic nitrogens is 5. The third-order valence-electron chi connectivity index (χ3n) is 4.26. The first-order chi connectivity index (χ1) is 14.1. The Morgan fingerprint density at radius 1 is 1.10 bits per heavy atom. The van der Waals surface area contributed by atoms with Crippen LogP contribution in [0.3, 0.4) is 0 Å². The maximum atomic E-state index is 6.05. The number of nitrogens with zero attached hydrogens (tertiary/aromatic N) is 5. The van der Waals surface area contributed by atoms with Crippen LogP contribution in [-0.4, -0.2) is 24.8 Å². The van der Waals surface area contributed by atoms with Crippen molar-refractivity contribution in [3.05, 3.63) is 70.5 Å². The quantitative estimate of drug-likeness (QED) is 0.428. The number of ether oxygens (including phenoxy) is 1. The number of hydrogen-bond donors (Lipinski definition) is 1. The van der Waals surface area contributed by atoms with Gasteiger partial charge in [0.1, 0.15) is 12.4 Å². The van der Waals surface area contributed by atoms with Crippen molar-refractivity contribution in [2.45, 2.75) is 13.5 Å². The zero-order valence-corrected chi connectivity index (χ0v) is 16.9. The zero-order chi connectivity index (χ0) is 19.8. The second-order valence-corrected chi connectivity index (χ2v) is 8.06. The Labute approximate surface area is 174 Å². The van der Waals surface area contributed by atoms with E-state index < -0.39 is 0 Å². The first-order valence-electron chi connectivity index (χ1n) is 8.88. The maximum absolute atomic E-state index is 6.05. The van der Waals surface area contributed by atoms with E-state index in [9.17, 15) is 0 Å². The smallest absolute Gasteiger partial charge is 0.192 e. The average Bonchev–Trinajstić information content (AvgIpc) is 3.28. The summed E-state index contributed by atoms with van der Waals surface area (Å²) in [5.41, 5.74) is 2.43. The number of rotatable bonds is 5. The lowest BCUT2D eigenvalue weighted by atomic mass is 10.3. The van der Waals surface area contributed by atoms with E-state index in [0.717, 1.165) is 26.7 Å². The summed E-state index contributed by atoms with van der Waals surface area (Å²) >= 11 is 7.71. The molecule has 0 aliphatic rings. The lowest BCUT2D eigenvalue weighted by Crippen LogP contribution is -2.05. The number of anilines is 2. The molecule has 0 radical (unpaired) electrons. The van der Waals surface area contributed by atoms with E-state index >= 15 is 0 Å². The van der Waals surface area contributed by atoms with Crippen molar-refractivity contribution < 1.29 is 4.74 Å². The van der Waals surface area contributed by atoms with Crippen LogP contribution in [0.4, 0.5) is 11.5 Å². The number of nitrogens with one attached hydrogen (secondary N) is 1. The van der Waals surface area contributed by atoms with Crippen molar-refractivity contribution in [2.24, 2.45) is 0 Å². The van der Waals surface area contributed by atoms with E-state index in [1.54, 1.807) is 15.9 Å². The molecular formula is C20H15ClN6OS. The summed E-state index contributed by atoms with van der Waals surface area (Å²) in [6, 6.07) is 17.0. The van der Waals surface area contributed by atoms with Gasteiger partial charge < -0.3 is 10.1 Å². The summed E-state index contributed by atoms with van der Waals surface area (Å²) in [5.74, 6) is 1.98. The van der Waals surface area contributed by atoms with Gasteiger partial charge >= 0.3 is 0 Å². The Bertz CT molecular complexity index is 1330. The molecule has 5 rings (SSSR count). The molecule has 5 aromatic rings. The third kappa shape index (κ3) is 3.72. The first-order valence-corrected chi connectivity index (χ1v) is 10.1. The molecule has 1 N–H and O–H groups in total. The number of aryl methyl sites for hydroxylation is 1. The van der Waals surface area contributed by atoms with Crippen LogP contribution in [-0.2, 0) is 6.61 Å². The number of thiazole rings is 1. The fourth-order valence-corrected chi connectivity index (χ4v) is 3.96. The Morgan fingerprint density at radius 3 is 2.93 bits per heavy atom. The van der Waals surface area contributed by atoms with Crippen molar-refractivity contribution in [3.8, 4) is 5.75 Å². The largest absolute Gasteiger partial charge is 0.485 e. The summed E-state index contributed by atoms with van der Waals surface area (Å²) < 4.78 is 8.72. The lowest BCUT2D eigenvalue weighted by Gasteiger charge is -2.07. The molecule has 0 aliphatic carbocycles.